The fraction of sp³-hybridized carbons (Fsp3) is 0.538. The molecular weight excluding hydrogens is 304 g/mol. The zero-order valence-electron chi connectivity index (χ0n) is 9.98. The Morgan fingerprint density at radius 3 is 2.83 bits per heavy atom. The summed E-state index contributed by atoms with van der Waals surface area (Å²) in [6, 6.07) is 2.56. The first-order valence-corrected chi connectivity index (χ1v) is 6.87. The van der Waals surface area contributed by atoms with Crippen LogP contribution < -0.4 is 5.32 Å². The smallest absolute Gasteiger partial charge is 0.143 e. The maximum absolute atomic E-state index is 13.9. The van der Waals surface area contributed by atoms with E-state index in [1.165, 1.54) is 12.1 Å². The summed E-state index contributed by atoms with van der Waals surface area (Å²) in [5.74, 6) is -1.21. The summed E-state index contributed by atoms with van der Waals surface area (Å²) in [7, 11) is 0. The molecule has 0 radical (unpaired) electrons. The molecule has 1 aliphatic rings. The van der Waals surface area contributed by atoms with Crippen LogP contribution in [0.5, 0.6) is 0 Å². The number of halogens is 3. The molecule has 1 unspecified atom stereocenters. The van der Waals surface area contributed by atoms with Crippen molar-refractivity contribution < 1.29 is 13.9 Å². The van der Waals surface area contributed by atoms with Crippen molar-refractivity contribution in [2.24, 2.45) is 0 Å². The van der Waals surface area contributed by atoms with Crippen LogP contribution in [0.2, 0.25) is 0 Å². The highest BCUT2D eigenvalue weighted by atomic mass is 79.9. The molecule has 0 bridgehead atoms. The molecule has 0 aromatic heterocycles. The van der Waals surface area contributed by atoms with Crippen molar-refractivity contribution in [3.05, 3.63) is 33.8 Å². The van der Waals surface area contributed by atoms with E-state index in [1.807, 2.05) is 0 Å². The van der Waals surface area contributed by atoms with Gasteiger partial charge in [0.15, 0.2) is 0 Å². The quantitative estimate of drug-likeness (QED) is 0.822. The highest BCUT2D eigenvalue weighted by Gasteiger charge is 2.30. The lowest BCUT2D eigenvalue weighted by Crippen LogP contribution is -2.33. The summed E-state index contributed by atoms with van der Waals surface area (Å²) in [6.45, 7) is 1.51. The van der Waals surface area contributed by atoms with Crippen LogP contribution in [0.4, 0.5) is 8.78 Å². The molecule has 2 nitrogen and oxygen atoms in total. The van der Waals surface area contributed by atoms with Crippen LogP contribution in [0.3, 0.4) is 0 Å². The summed E-state index contributed by atoms with van der Waals surface area (Å²) in [6.07, 6.45) is 1.91. The minimum absolute atomic E-state index is 0.0196. The zero-order chi connectivity index (χ0) is 13.2. The minimum Gasteiger partial charge on any atom is -0.389 e. The monoisotopic (exact) mass is 319 g/mol. The van der Waals surface area contributed by atoms with Crippen LogP contribution in [0, 0.1) is 11.6 Å². The van der Waals surface area contributed by atoms with E-state index in [1.54, 1.807) is 0 Å². The highest BCUT2D eigenvalue weighted by molar-refractivity contribution is 9.10. The van der Waals surface area contributed by atoms with Crippen molar-refractivity contribution in [2.45, 2.75) is 31.3 Å². The molecule has 100 valence electrons. The van der Waals surface area contributed by atoms with Crippen molar-refractivity contribution in [3.8, 4) is 0 Å². The van der Waals surface area contributed by atoms with Gasteiger partial charge in [0, 0.05) is 12.0 Å². The molecule has 1 fully saturated rings. The Kier molecular flexibility index (Phi) is 4.35. The first kappa shape index (κ1) is 13.9. The molecule has 1 atom stereocenters. The maximum atomic E-state index is 13.9. The largest absolute Gasteiger partial charge is 0.389 e. The molecule has 1 heterocycles. The van der Waals surface area contributed by atoms with Crippen molar-refractivity contribution in [1.29, 1.82) is 0 Å². The van der Waals surface area contributed by atoms with Gasteiger partial charge in [0.1, 0.15) is 11.6 Å². The Balaban J connectivity index is 2.24. The van der Waals surface area contributed by atoms with Crippen molar-refractivity contribution in [3.63, 3.8) is 0 Å². The summed E-state index contributed by atoms with van der Waals surface area (Å²) in [5, 5.41) is 13.6. The Bertz CT molecular complexity index is 431. The highest BCUT2D eigenvalue weighted by Crippen LogP contribution is 2.29. The Morgan fingerprint density at radius 1 is 1.28 bits per heavy atom. The van der Waals surface area contributed by atoms with Gasteiger partial charge in [-0.05, 0) is 60.4 Å². The summed E-state index contributed by atoms with van der Waals surface area (Å²) in [5.41, 5.74) is -1.06. The van der Waals surface area contributed by atoms with Gasteiger partial charge in [0.05, 0.1) is 10.1 Å². The van der Waals surface area contributed by atoms with Crippen LogP contribution >= 0.6 is 15.9 Å². The van der Waals surface area contributed by atoms with Gasteiger partial charge < -0.3 is 10.4 Å². The second-order valence-electron chi connectivity index (χ2n) is 4.83. The number of aliphatic hydroxyl groups is 1. The fourth-order valence-corrected chi connectivity index (χ4v) is 2.72. The Hall–Kier alpha value is -0.520. The zero-order valence-corrected chi connectivity index (χ0v) is 11.6. The number of nitrogens with one attached hydrogen (secondary N) is 1. The van der Waals surface area contributed by atoms with Gasteiger partial charge >= 0.3 is 0 Å². The lowest BCUT2D eigenvalue weighted by atomic mass is 9.87. The van der Waals surface area contributed by atoms with Crippen molar-refractivity contribution in [2.75, 3.05) is 13.1 Å². The summed E-state index contributed by atoms with van der Waals surface area (Å²) in [4.78, 5) is 0. The molecule has 0 spiro atoms. The van der Waals surface area contributed by atoms with Crippen molar-refractivity contribution >= 4 is 15.9 Å². The number of benzene rings is 1. The third kappa shape index (κ3) is 3.08. The van der Waals surface area contributed by atoms with Crippen LogP contribution in [0.25, 0.3) is 0 Å². The predicted molar refractivity (Wildman–Crippen MR) is 69.4 cm³/mol. The van der Waals surface area contributed by atoms with Gasteiger partial charge in [-0.2, -0.15) is 0 Å². The van der Waals surface area contributed by atoms with Gasteiger partial charge in [-0.15, -0.1) is 0 Å². The SMILES string of the molecule is OC1(Cc2c(F)ccc(Br)c2F)CCCNCC1. The van der Waals surface area contributed by atoms with E-state index in [-0.39, 0.29) is 16.5 Å². The van der Waals surface area contributed by atoms with E-state index >= 15 is 0 Å². The molecule has 0 amide bonds. The van der Waals surface area contributed by atoms with Gasteiger partial charge in [-0.25, -0.2) is 8.78 Å². The topological polar surface area (TPSA) is 32.3 Å². The summed E-state index contributed by atoms with van der Waals surface area (Å²) < 4.78 is 27.8. The lowest BCUT2D eigenvalue weighted by Gasteiger charge is -2.26. The number of rotatable bonds is 2. The predicted octanol–water partition coefficient (Wildman–Crippen LogP) is 2.77. The van der Waals surface area contributed by atoms with Crippen LogP contribution in [0.1, 0.15) is 24.8 Å². The first-order chi connectivity index (χ1) is 8.52. The number of hydrogen-bond donors (Lipinski definition) is 2. The first-order valence-electron chi connectivity index (χ1n) is 6.07. The molecule has 0 saturated carbocycles. The van der Waals surface area contributed by atoms with E-state index in [0.29, 0.717) is 19.4 Å². The average molecular weight is 320 g/mol. The van der Waals surface area contributed by atoms with E-state index in [0.717, 1.165) is 13.0 Å². The van der Waals surface area contributed by atoms with E-state index in [2.05, 4.69) is 21.2 Å². The molecule has 1 aromatic carbocycles. The molecular formula is C13H16BrF2NO. The van der Waals surface area contributed by atoms with Crippen molar-refractivity contribution in [1.82, 2.24) is 5.32 Å². The molecule has 1 aromatic rings. The van der Waals surface area contributed by atoms with Gasteiger partial charge in [-0.1, -0.05) is 0 Å². The molecule has 18 heavy (non-hydrogen) atoms. The van der Waals surface area contributed by atoms with Crippen LogP contribution in [0.15, 0.2) is 16.6 Å². The third-order valence-electron chi connectivity index (χ3n) is 3.41. The van der Waals surface area contributed by atoms with Gasteiger partial charge in [0.25, 0.3) is 0 Å². The normalized spacial score (nSPS) is 24.9. The standard InChI is InChI=1S/C13H16BrF2NO/c14-10-2-3-11(15)9(12(10)16)8-13(18)4-1-6-17-7-5-13/h2-3,17-18H,1,4-8H2. The van der Waals surface area contributed by atoms with Gasteiger partial charge in [-0.3, -0.25) is 0 Å². The van der Waals surface area contributed by atoms with E-state index in [9.17, 15) is 13.9 Å². The van der Waals surface area contributed by atoms with E-state index in [4.69, 9.17) is 0 Å². The number of hydrogen-bond acceptors (Lipinski definition) is 2. The molecule has 1 aliphatic heterocycles. The average Bonchev–Trinajstić information content (AvgIpc) is 2.55. The second-order valence-corrected chi connectivity index (χ2v) is 5.68. The maximum Gasteiger partial charge on any atom is 0.143 e. The molecule has 0 aliphatic carbocycles. The Morgan fingerprint density at radius 2 is 2.06 bits per heavy atom. The minimum atomic E-state index is -1.02. The molecule has 1 saturated heterocycles. The molecule has 2 rings (SSSR count). The lowest BCUT2D eigenvalue weighted by molar-refractivity contribution is 0.0268. The van der Waals surface area contributed by atoms with Crippen LogP contribution in [-0.2, 0) is 6.42 Å². The Labute approximate surface area is 114 Å². The van der Waals surface area contributed by atoms with E-state index < -0.39 is 17.2 Å². The fourth-order valence-electron chi connectivity index (χ4n) is 2.35. The summed E-state index contributed by atoms with van der Waals surface area (Å²) >= 11 is 3.04. The van der Waals surface area contributed by atoms with Crippen LogP contribution in [-0.4, -0.2) is 23.8 Å². The third-order valence-corrected chi connectivity index (χ3v) is 4.02. The van der Waals surface area contributed by atoms with Gasteiger partial charge in [0.2, 0.25) is 0 Å². The second kappa shape index (κ2) is 5.63. The molecule has 2 N–H and O–H groups in total. The molecule has 5 heteroatoms.